The summed E-state index contributed by atoms with van der Waals surface area (Å²) in [4.78, 5) is 24.9. The van der Waals surface area contributed by atoms with E-state index in [9.17, 15) is 14.7 Å². The van der Waals surface area contributed by atoms with Crippen LogP contribution in [0.25, 0.3) is 0 Å². The zero-order valence-corrected chi connectivity index (χ0v) is 11.9. The lowest BCUT2D eigenvalue weighted by molar-refractivity contribution is -0.151. The summed E-state index contributed by atoms with van der Waals surface area (Å²) < 4.78 is 4.72. The summed E-state index contributed by atoms with van der Waals surface area (Å²) >= 11 is 0. The second-order valence-corrected chi connectivity index (χ2v) is 4.41. The van der Waals surface area contributed by atoms with E-state index in [1.807, 2.05) is 0 Å². The van der Waals surface area contributed by atoms with Gasteiger partial charge in [-0.3, -0.25) is 4.79 Å². The first kappa shape index (κ1) is 16.0. The molecule has 0 aromatic heterocycles. The Labute approximate surface area is 118 Å². The average molecular weight is 280 g/mol. The van der Waals surface area contributed by atoms with Crippen molar-refractivity contribution in [1.29, 1.82) is 0 Å². The van der Waals surface area contributed by atoms with Gasteiger partial charge in [0.15, 0.2) is 6.04 Å². The predicted molar refractivity (Wildman–Crippen MR) is 73.9 cm³/mol. The molecule has 0 spiro atoms. The van der Waals surface area contributed by atoms with Crippen LogP contribution in [-0.2, 0) is 14.3 Å². The van der Waals surface area contributed by atoms with Gasteiger partial charge in [0.25, 0.3) is 5.91 Å². The molecule has 2 unspecified atom stereocenters. The SMILES string of the molecule is CCOC(=O)C(N)C(=O)N(C)C(C)c1ccccc1O. The molecule has 110 valence electrons. The summed E-state index contributed by atoms with van der Waals surface area (Å²) in [6, 6.07) is 4.93. The maximum Gasteiger partial charge on any atom is 0.332 e. The van der Waals surface area contributed by atoms with E-state index in [2.05, 4.69) is 0 Å². The number of nitrogens with zero attached hydrogens (tertiary/aromatic N) is 1. The first-order valence-electron chi connectivity index (χ1n) is 6.36. The van der Waals surface area contributed by atoms with Crippen molar-refractivity contribution >= 4 is 11.9 Å². The van der Waals surface area contributed by atoms with Crippen molar-refractivity contribution in [3.05, 3.63) is 29.8 Å². The molecule has 20 heavy (non-hydrogen) atoms. The van der Waals surface area contributed by atoms with Crippen molar-refractivity contribution in [2.75, 3.05) is 13.7 Å². The van der Waals surface area contributed by atoms with Gasteiger partial charge in [-0.1, -0.05) is 18.2 Å². The van der Waals surface area contributed by atoms with Crippen molar-refractivity contribution in [2.45, 2.75) is 25.9 Å². The van der Waals surface area contributed by atoms with Crippen LogP contribution < -0.4 is 5.73 Å². The first-order valence-corrected chi connectivity index (χ1v) is 6.36. The Morgan fingerprint density at radius 2 is 2.00 bits per heavy atom. The topological polar surface area (TPSA) is 92.9 Å². The molecular formula is C14H20N2O4. The van der Waals surface area contributed by atoms with Crippen LogP contribution in [0.5, 0.6) is 5.75 Å². The molecular weight excluding hydrogens is 260 g/mol. The number of ether oxygens (including phenoxy) is 1. The highest BCUT2D eigenvalue weighted by atomic mass is 16.5. The third kappa shape index (κ3) is 3.48. The third-order valence-electron chi connectivity index (χ3n) is 3.12. The molecule has 1 amide bonds. The Balaban J connectivity index is 2.84. The standard InChI is InChI=1S/C14H20N2O4/c1-4-20-14(19)12(15)13(18)16(3)9(2)10-7-5-6-8-11(10)17/h5-9,12,17H,4,15H2,1-3H3. The summed E-state index contributed by atoms with van der Waals surface area (Å²) in [5, 5.41) is 9.78. The highest BCUT2D eigenvalue weighted by Crippen LogP contribution is 2.27. The Morgan fingerprint density at radius 1 is 1.40 bits per heavy atom. The van der Waals surface area contributed by atoms with E-state index < -0.39 is 24.0 Å². The average Bonchev–Trinajstić information content (AvgIpc) is 2.45. The molecule has 0 aliphatic heterocycles. The summed E-state index contributed by atoms with van der Waals surface area (Å²) in [5.41, 5.74) is 6.16. The second-order valence-electron chi connectivity index (χ2n) is 4.41. The number of aromatic hydroxyl groups is 1. The number of hydrogen-bond acceptors (Lipinski definition) is 5. The number of likely N-dealkylation sites (N-methyl/N-ethyl adjacent to an activating group) is 1. The van der Waals surface area contributed by atoms with Gasteiger partial charge in [0.05, 0.1) is 12.6 Å². The van der Waals surface area contributed by atoms with Crippen molar-refractivity contribution in [3.8, 4) is 5.75 Å². The van der Waals surface area contributed by atoms with Crippen LogP contribution in [0.1, 0.15) is 25.5 Å². The van der Waals surface area contributed by atoms with E-state index in [0.717, 1.165) is 0 Å². The van der Waals surface area contributed by atoms with Gasteiger partial charge >= 0.3 is 5.97 Å². The van der Waals surface area contributed by atoms with E-state index in [4.69, 9.17) is 10.5 Å². The van der Waals surface area contributed by atoms with Crippen LogP contribution in [0, 0.1) is 0 Å². The van der Waals surface area contributed by atoms with Crippen LogP contribution in [0.4, 0.5) is 0 Å². The molecule has 1 rings (SSSR count). The molecule has 0 saturated carbocycles. The summed E-state index contributed by atoms with van der Waals surface area (Å²) in [5.74, 6) is -1.22. The van der Waals surface area contributed by atoms with Gasteiger partial charge in [-0.2, -0.15) is 0 Å². The maximum atomic E-state index is 12.1. The second kappa shape index (κ2) is 6.91. The van der Waals surface area contributed by atoms with Gasteiger partial charge < -0.3 is 20.5 Å². The lowest BCUT2D eigenvalue weighted by Crippen LogP contribution is -2.48. The number of carbonyl (C=O) groups is 2. The van der Waals surface area contributed by atoms with Gasteiger partial charge in [-0.05, 0) is 19.9 Å². The molecule has 0 fully saturated rings. The molecule has 1 aromatic carbocycles. The van der Waals surface area contributed by atoms with Gasteiger partial charge in [0, 0.05) is 12.6 Å². The number of hydrogen-bond donors (Lipinski definition) is 2. The molecule has 0 heterocycles. The van der Waals surface area contributed by atoms with E-state index in [-0.39, 0.29) is 12.4 Å². The lowest BCUT2D eigenvalue weighted by Gasteiger charge is -2.27. The molecule has 0 saturated heterocycles. The molecule has 0 bridgehead atoms. The van der Waals surface area contributed by atoms with Crippen LogP contribution in [0.3, 0.4) is 0 Å². The molecule has 0 aliphatic carbocycles. The fraction of sp³-hybridized carbons (Fsp3) is 0.429. The monoisotopic (exact) mass is 280 g/mol. The highest BCUT2D eigenvalue weighted by molar-refractivity contribution is 6.01. The fourth-order valence-corrected chi connectivity index (χ4v) is 1.79. The van der Waals surface area contributed by atoms with E-state index in [1.165, 1.54) is 18.0 Å². The zero-order chi connectivity index (χ0) is 15.3. The van der Waals surface area contributed by atoms with Gasteiger partial charge in [-0.15, -0.1) is 0 Å². The zero-order valence-electron chi connectivity index (χ0n) is 11.9. The number of rotatable bonds is 5. The Bertz CT molecular complexity index is 490. The molecule has 3 N–H and O–H groups in total. The minimum absolute atomic E-state index is 0.0874. The number of nitrogens with two attached hydrogens (primary N) is 1. The predicted octanol–water partition coefficient (Wildman–Crippen LogP) is 0.802. The maximum absolute atomic E-state index is 12.1. The first-order chi connectivity index (χ1) is 9.40. The largest absolute Gasteiger partial charge is 0.508 e. The van der Waals surface area contributed by atoms with Gasteiger partial charge in [0.2, 0.25) is 0 Å². The number of esters is 1. The Hall–Kier alpha value is -2.08. The number of para-hydroxylation sites is 1. The van der Waals surface area contributed by atoms with E-state index in [1.54, 1.807) is 32.0 Å². The smallest absolute Gasteiger partial charge is 0.332 e. The number of benzene rings is 1. The van der Waals surface area contributed by atoms with E-state index >= 15 is 0 Å². The lowest BCUT2D eigenvalue weighted by atomic mass is 10.1. The van der Waals surface area contributed by atoms with Crippen LogP contribution in [0.15, 0.2) is 24.3 Å². The number of carbonyl (C=O) groups excluding carboxylic acids is 2. The number of amides is 1. The number of phenols is 1. The van der Waals surface area contributed by atoms with Gasteiger partial charge in [0.1, 0.15) is 5.75 Å². The molecule has 0 aliphatic rings. The van der Waals surface area contributed by atoms with Crippen molar-refractivity contribution < 1.29 is 19.4 Å². The molecule has 0 radical (unpaired) electrons. The van der Waals surface area contributed by atoms with Crippen LogP contribution in [-0.4, -0.2) is 41.6 Å². The summed E-state index contributed by atoms with van der Waals surface area (Å²) in [6.07, 6.45) is 0. The Morgan fingerprint density at radius 3 is 2.55 bits per heavy atom. The van der Waals surface area contributed by atoms with Crippen molar-refractivity contribution in [1.82, 2.24) is 4.90 Å². The molecule has 6 nitrogen and oxygen atoms in total. The highest BCUT2D eigenvalue weighted by Gasteiger charge is 2.29. The summed E-state index contributed by atoms with van der Waals surface area (Å²) in [7, 11) is 1.53. The quantitative estimate of drug-likeness (QED) is 0.615. The number of phenolic OH excluding ortho intramolecular Hbond substituents is 1. The minimum Gasteiger partial charge on any atom is -0.508 e. The van der Waals surface area contributed by atoms with Crippen molar-refractivity contribution in [2.24, 2.45) is 5.73 Å². The Kier molecular flexibility index (Phi) is 5.52. The molecule has 2 atom stereocenters. The normalized spacial score (nSPS) is 13.4. The molecule has 1 aromatic rings. The fourth-order valence-electron chi connectivity index (χ4n) is 1.79. The third-order valence-corrected chi connectivity index (χ3v) is 3.12. The van der Waals surface area contributed by atoms with Crippen molar-refractivity contribution in [3.63, 3.8) is 0 Å². The van der Waals surface area contributed by atoms with Gasteiger partial charge in [-0.25, -0.2) is 4.79 Å². The molecule has 6 heteroatoms. The minimum atomic E-state index is -1.35. The van der Waals surface area contributed by atoms with E-state index in [0.29, 0.717) is 5.56 Å². The summed E-state index contributed by atoms with van der Waals surface area (Å²) in [6.45, 7) is 3.55. The van der Waals surface area contributed by atoms with Crippen LogP contribution in [0.2, 0.25) is 0 Å². The van der Waals surface area contributed by atoms with Crippen LogP contribution >= 0.6 is 0 Å².